The molecule has 20 heavy (non-hydrogen) atoms. The van der Waals surface area contributed by atoms with Crippen LogP contribution in [0.25, 0.3) is 0 Å². The lowest BCUT2D eigenvalue weighted by Crippen LogP contribution is -2.49. The fourth-order valence-corrected chi connectivity index (χ4v) is 1.73. The number of alkyl carbamates (subject to hydrolysis) is 1. The minimum absolute atomic E-state index is 0. The lowest BCUT2D eigenvalue weighted by molar-refractivity contribution is -0.138. The quantitative estimate of drug-likeness (QED) is 0.805. The van der Waals surface area contributed by atoms with Crippen LogP contribution in [-0.4, -0.2) is 18.6 Å². The molecule has 0 aromatic heterocycles. The smallest absolute Gasteiger partial charge is 0.416 e. The predicted molar refractivity (Wildman–Crippen MR) is 60.9 cm³/mol. The third-order valence-electron chi connectivity index (χ3n) is 2.63. The molecule has 0 unspecified atom stereocenters. The Morgan fingerprint density at radius 1 is 1.30 bits per heavy atom. The summed E-state index contributed by atoms with van der Waals surface area (Å²) in [6, 6.07) is 1.62. The zero-order valence-electron chi connectivity index (χ0n) is 9.71. The third kappa shape index (κ3) is 3.30. The number of hydrogen-bond donors (Lipinski definition) is 1. The van der Waals surface area contributed by atoms with Crippen molar-refractivity contribution in [3.63, 3.8) is 0 Å². The first kappa shape index (κ1) is 16.5. The summed E-state index contributed by atoms with van der Waals surface area (Å²) >= 11 is 0. The lowest BCUT2D eigenvalue weighted by atomic mass is 9.98. The van der Waals surface area contributed by atoms with Gasteiger partial charge in [-0.05, 0) is 17.7 Å². The summed E-state index contributed by atoms with van der Waals surface area (Å²) in [6.07, 6.45) is -5.73. The van der Waals surface area contributed by atoms with Crippen molar-refractivity contribution in [2.24, 2.45) is 0 Å². The van der Waals surface area contributed by atoms with Crippen molar-refractivity contribution < 1.29 is 31.5 Å². The van der Waals surface area contributed by atoms with Gasteiger partial charge >= 0.3 is 18.2 Å². The van der Waals surface area contributed by atoms with E-state index >= 15 is 0 Å². The highest BCUT2D eigenvalue weighted by molar-refractivity contribution is 5.85. The number of cyclic esters (lactones) is 1. The van der Waals surface area contributed by atoms with Gasteiger partial charge in [0, 0.05) is 0 Å². The molecule has 0 radical (unpaired) electrons. The van der Waals surface area contributed by atoms with Gasteiger partial charge in [0.1, 0.15) is 6.04 Å². The molecule has 0 bridgehead atoms. The monoisotopic (exact) mass is 317 g/mol. The summed E-state index contributed by atoms with van der Waals surface area (Å²) < 4.78 is 68.7. The van der Waals surface area contributed by atoms with Gasteiger partial charge < -0.3 is 10.1 Å². The molecule has 1 N–H and O–H groups in total. The van der Waals surface area contributed by atoms with Crippen LogP contribution in [0.15, 0.2) is 24.3 Å². The number of amides is 1. The number of rotatable bonds is 1. The number of nitrogens with one attached hydrogen (secondary N) is 1. The van der Waals surface area contributed by atoms with Crippen molar-refractivity contribution in [2.75, 3.05) is 6.61 Å². The number of hydrogen-bond acceptors (Lipinski definition) is 2. The highest BCUT2D eigenvalue weighted by atomic mass is 35.5. The molecule has 0 aliphatic carbocycles. The number of benzene rings is 1. The number of carbonyl (C=O) groups is 1. The summed E-state index contributed by atoms with van der Waals surface area (Å²) in [5, 5.41) is 1.82. The predicted octanol–water partition coefficient (Wildman–Crippen LogP) is 3.54. The van der Waals surface area contributed by atoms with Gasteiger partial charge in [-0.15, -0.1) is 12.4 Å². The second-order valence-electron chi connectivity index (χ2n) is 4.04. The zero-order valence-corrected chi connectivity index (χ0v) is 10.5. The van der Waals surface area contributed by atoms with Gasteiger partial charge in [-0.25, -0.2) is 13.6 Å². The lowest BCUT2D eigenvalue weighted by Gasteiger charge is -2.32. The average molecular weight is 318 g/mol. The Labute approximate surface area is 116 Å². The molecular weight excluding hydrogens is 309 g/mol. The van der Waals surface area contributed by atoms with Gasteiger partial charge in [-0.3, -0.25) is 0 Å². The molecule has 1 aliphatic heterocycles. The van der Waals surface area contributed by atoms with Gasteiger partial charge in [-0.2, -0.15) is 13.2 Å². The molecule has 1 amide bonds. The molecule has 1 aromatic rings. The first-order valence-electron chi connectivity index (χ1n) is 5.18. The second-order valence-corrected chi connectivity index (χ2v) is 4.04. The van der Waals surface area contributed by atoms with E-state index in [0.29, 0.717) is 6.07 Å². The van der Waals surface area contributed by atoms with E-state index in [2.05, 4.69) is 4.74 Å². The van der Waals surface area contributed by atoms with Gasteiger partial charge in [0.15, 0.2) is 6.61 Å². The molecule has 2 rings (SSSR count). The summed E-state index contributed by atoms with van der Waals surface area (Å²) in [5.41, 5.74) is -1.38. The van der Waals surface area contributed by atoms with Crippen LogP contribution in [-0.2, 0) is 10.9 Å². The number of carbonyl (C=O) groups excluding carboxylic acids is 1. The van der Waals surface area contributed by atoms with Crippen LogP contribution < -0.4 is 5.32 Å². The maximum absolute atomic E-state index is 13.5. The summed E-state index contributed by atoms with van der Waals surface area (Å²) in [5.74, 6) is -3.47. The fourth-order valence-electron chi connectivity index (χ4n) is 1.73. The third-order valence-corrected chi connectivity index (χ3v) is 2.63. The highest BCUT2D eigenvalue weighted by Crippen LogP contribution is 2.37. The minimum Gasteiger partial charge on any atom is -0.443 e. The van der Waals surface area contributed by atoms with E-state index < -0.39 is 36.4 Å². The highest BCUT2D eigenvalue weighted by Gasteiger charge is 2.47. The molecule has 0 spiro atoms. The van der Waals surface area contributed by atoms with Crippen LogP contribution in [0.4, 0.5) is 26.7 Å². The van der Waals surface area contributed by atoms with Gasteiger partial charge in [0.2, 0.25) is 0 Å². The Balaban J connectivity index is 0.00000200. The molecule has 1 saturated heterocycles. The van der Waals surface area contributed by atoms with Crippen LogP contribution in [0, 0.1) is 0 Å². The van der Waals surface area contributed by atoms with Gasteiger partial charge in [0.05, 0.1) is 5.56 Å². The standard InChI is InChI=1S/C11H8F5NO2.ClH/c12-10(13)5-19-9(18)17-8(10)6-2-1-3-7(4-6)11(14,15)16;/h1-4,8H,5H2,(H,17,18);1H/t8-;/m0./s1. The number of ether oxygens (including phenoxy) is 1. The Morgan fingerprint density at radius 3 is 2.55 bits per heavy atom. The van der Waals surface area contributed by atoms with E-state index in [1.807, 2.05) is 5.32 Å². The van der Waals surface area contributed by atoms with E-state index in [1.165, 1.54) is 0 Å². The van der Waals surface area contributed by atoms with Crippen LogP contribution in [0.1, 0.15) is 17.2 Å². The molecule has 112 valence electrons. The minimum atomic E-state index is -4.64. The van der Waals surface area contributed by atoms with Crippen molar-refractivity contribution in [1.82, 2.24) is 5.32 Å². The second kappa shape index (κ2) is 5.43. The topological polar surface area (TPSA) is 38.3 Å². The first-order valence-corrected chi connectivity index (χ1v) is 5.18. The molecule has 9 heteroatoms. The molecule has 1 heterocycles. The van der Waals surface area contributed by atoms with E-state index in [1.54, 1.807) is 0 Å². The zero-order chi connectivity index (χ0) is 14.3. The maximum Gasteiger partial charge on any atom is 0.416 e. The Bertz CT molecular complexity index is 506. The molecule has 1 atom stereocenters. The van der Waals surface area contributed by atoms with Crippen molar-refractivity contribution in [2.45, 2.75) is 18.1 Å². The van der Waals surface area contributed by atoms with E-state index in [-0.39, 0.29) is 18.0 Å². The fraction of sp³-hybridized carbons (Fsp3) is 0.364. The van der Waals surface area contributed by atoms with Crippen molar-refractivity contribution in [3.8, 4) is 0 Å². The maximum atomic E-state index is 13.5. The molecule has 0 saturated carbocycles. The number of alkyl halides is 5. The van der Waals surface area contributed by atoms with Crippen LogP contribution in [0.2, 0.25) is 0 Å². The first-order chi connectivity index (χ1) is 8.70. The summed E-state index contributed by atoms with van der Waals surface area (Å²) in [7, 11) is 0. The van der Waals surface area contributed by atoms with Gasteiger partial charge in [0.25, 0.3) is 0 Å². The number of halogens is 6. The van der Waals surface area contributed by atoms with Gasteiger partial charge in [-0.1, -0.05) is 12.1 Å². The average Bonchev–Trinajstić information content (AvgIpc) is 2.31. The molecule has 3 nitrogen and oxygen atoms in total. The molecule has 1 aromatic carbocycles. The normalized spacial score (nSPS) is 21.4. The van der Waals surface area contributed by atoms with Crippen LogP contribution in [0.5, 0.6) is 0 Å². The van der Waals surface area contributed by atoms with E-state index in [9.17, 15) is 26.7 Å². The Morgan fingerprint density at radius 2 is 1.95 bits per heavy atom. The van der Waals surface area contributed by atoms with Crippen molar-refractivity contribution in [3.05, 3.63) is 35.4 Å². The molecular formula is C11H9ClF5NO2. The Hall–Kier alpha value is -1.57. The van der Waals surface area contributed by atoms with E-state index in [4.69, 9.17) is 0 Å². The molecule has 1 aliphatic rings. The summed E-state index contributed by atoms with van der Waals surface area (Å²) in [6.45, 7) is -1.17. The van der Waals surface area contributed by atoms with Crippen molar-refractivity contribution in [1.29, 1.82) is 0 Å². The van der Waals surface area contributed by atoms with E-state index in [0.717, 1.165) is 18.2 Å². The largest absolute Gasteiger partial charge is 0.443 e. The molecule has 1 fully saturated rings. The van der Waals surface area contributed by atoms with Crippen LogP contribution in [0.3, 0.4) is 0 Å². The van der Waals surface area contributed by atoms with Crippen LogP contribution >= 0.6 is 12.4 Å². The Kier molecular flexibility index (Phi) is 4.48. The summed E-state index contributed by atoms with van der Waals surface area (Å²) in [4.78, 5) is 10.9. The van der Waals surface area contributed by atoms with Crippen molar-refractivity contribution >= 4 is 18.5 Å². The SMILES string of the molecule is Cl.O=C1N[C@@H](c2cccc(C(F)(F)F)c2)C(F)(F)CO1.